The molecular formula is C30H39N3O. The topological polar surface area (TPSA) is 28.1 Å². The lowest BCUT2D eigenvalue weighted by molar-refractivity contribution is 0.0825. The second kappa shape index (κ2) is 10.4. The number of piperazine rings is 1. The third-order valence-corrected chi connectivity index (χ3v) is 8.37. The summed E-state index contributed by atoms with van der Waals surface area (Å²) in [6.45, 7) is 12.4. The highest BCUT2D eigenvalue weighted by Crippen LogP contribution is 2.49. The van der Waals surface area contributed by atoms with E-state index in [-0.39, 0.29) is 0 Å². The average Bonchev–Trinajstić information content (AvgIpc) is 3.33. The maximum Gasteiger partial charge on any atom is 0.127 e. The van der Waals surface area contributed by atoms with Gasteiger partial charge in [-0.05, 0) is 91.3 Å². The molecule has 0 amide bonds. The zero-order chi connectivity index (χ0) is 23.4. The van der Waals surface area contributed by atoms with Crippen molar-refractivity contribution < 1.29 is 4.74 Å². The maximum absolute atomic E-state index is 6.44. The van der Waals surface area contributed by atoms with E-state index in [1.165, 1.54) is 67.7 Å². The lowest BCUT2D eigenvalue weighted by Crippen LogP contribution is -2.45. The molecule has 0 radical (unpaired) electrons. The molecule has 2 saturated carbocycles. The van der Waals surface area contributed by atoms with E-state index in [2.05, 4.69) is 64.5 Å². The molecule has 1 aliphatic heterocycles. The number of aliphatic imine (C=N–C) groups is 1. The van der Waals surface area contributed by atoms with Gasteiger partial charge < -0.3 is 9.64 Å². The van der Waals surface area contributed by atoms with Gasteiger partial charge in [-0.2, -0.15) is 0 Å². The minimum absolute atomic E-state index is 0.389. The van der Waals surface area contributed by atoms with Gasteiger partial charge in [-0.1, -0.05) is 43.7 Å². The lowest BCUT2D eigenvalue weighted by atomic mass is 9.72. The van der Waals surface area contributed by atoms with Crippen LogP contribution in [0, 0.1) is 5.41 Å². The average molecular weight is 458 g/mol. The van der Waals surface area contributed by atoms with Gasteiger partial charge >= 0.3 is 0 Å². The van der Waals surface area contributed by atoms with Crippen LogP contribution in [0.1, 0.15) is 56.9 Å². The quantitative estimate of drug-likeness (QED) is 0.348. The highest BCUT2D eigenvalue weighted by molar-refractivity contribution is 5.84. The Hall–Kier alpha value is -2.59. The summed E-state index contributed by atoms with van der Waals surface area (Å²) in [4.78, 5) is 8.94. The van der Waals surface area contributed by atoms with Gasteiger partial charge in [0.2, 0.25) is 0 Å². The zero-order valence-electron chi connectivity index (χ0n) is 20.6. The highest BCUT2D eigenvalue weighted by Gasteiger charge is 2.38. The first-order chi connectivity index (χ1) is 16.7. The number of hydrogen-bond donors (Lipinski definition) is 0. The van der Waals surface area contributed by atoms with Gasteiger partial charge in [-0.25, -0.2) is 4.99 Å². The summed E-state index contributed by atoms with van der Waals surface area (Å²) in [7, 11) is 0. The molecule has 0 N–H and O–H groups in total. The molecule has 2 aliphatic carbocycles. The fourth-order valence-electron chi connectivity index (χ4n) is 6.34. The van der Waals surface area contributed by atoms with Gasteiger partial charge in [0, 0.05) is 32.7 Å². The number of allylic oxidation sites excluding steroid dienone is 2. The van der Waals surface area contributed by atoms with Crippen LogP contribution in [0.2, 0.25) is 0 Å². The molecule has 3 aliphatic rings. The number of nitrogens with zero attached hydrogens (tertiary/aromatic N) is 3. The van der Waals surface area contributed by atoms with Crippen LogP contribution in [0.3, 0.4) is 0 Å². The molecule has 4 nitrogen and oxygen atoms in total. The Morgan fingerprint density at radius 1 is 0.971 bits per heavy atom. The normalized spacial score (nSPS) is 21.8. The molecule has 180 valence electrons. The van der Waals surface area contributed by atoms with Crippen LogP contribution in [0.5, 0.6) is 5.75 Å². The predicted molar refractivity (Wildman–Crippen MR) is 142 cm³/mol. The third-order valence-electron chi connectivity index (χ3n) is 8.37. The van der Waals surface area contributed by atoms with E-state index in [1.807, 2.05) is 6.08 Å². The molecule has 0 bridgehead atoms. The van der Waals surface area contributed by atoms with Gasteiger partial charge in [0.05, 0.1) is 6.10 Å². The number of hydrogen-bond acceptors (Lipinski definition) is 4. The second-order valence-electron chi connectivity index (χ2n) is 10.5. The smallest absolute Gasteiger partial charge is 0.127 e. The van der Waals surface area contributed by atoms with Crippen molar-refractivity contribution in [2.75, 3.05) is 26.2 Å². The van der Waals surface area contributed by atoms with E-state index >= 15 is 0 Å². The molecule has 1 saturated heterocycles. The summed E-state index contributed by atoms with van der Waals surface area (Å²) in [5.74, 6) is 1.95. The van der Waals surface area contributed by atoms with E-state index in [4.69, 9.17) is 4.74 Å². The van der Waals surface area contributed by atoms with Crippen molar-refractivity contribution in [1.29, 1.82) is 0 Å². The van der Waals surface area contributed by atoms with E-state index in [0.717, 1.165) is 44.3 Å². The maximum atomic E-state index is 6.44. The first-order valence-corrected chi connectivity index (χ1v) is 13.1. The third kappa shape index (κ3) is 5.22. The van der Waals surface area contributed by atoms with Crippen LogP contribution < -0.4 is 4.74 Å². The molecule has 2 aromatic rings. The molecule has 1 heterocycles. The van der Waals surface area contributed by atoms with Crippen molar-refractivity contribution in [3.63, 3.8) is 0 Å². The van der Waals surface area contributed by atoms with Gasteiger partial charge in [0.25, 0.3) is 0 Å². The molecule has 2 aromatic carbocycles. The zero-order valence-corrected chi connectivity index (χ0v) is 20.6. The molecule has 1 spiro atoms. The minimum atomic E-state index is 0.389. The molecule has 0 atom stereocenters. The Morgan fingerprint density at radius 3 is 2.38 bits per heavy atom. The Morgan fingerprint density at radius 2 is 1.68 bits per heavy atom. The lowest BCUT2D eigenvalue weighted by Gasteiger charge is -2.37. The fourth-order valence-corrected chi connectivity index (χ4v) is 6.34. The molecule has 34 heavy (non-hydrogen) atoms. The largest absolute Gasteiger partial charge is 0.490 e. The van der Waals surface area contributed by atoms with Crippen molar-refractivity contribution >= 4 is 17.5 Å². The van der Waals surface area contributed by atoms with E-state index in [9.17, 15) is 0 Å². The minimum Gasteiger partial charge on any atom is -0.490 e. The van der Waals surface area contributed by atoms with Gasteiger partial charge in [0.15, 0.2) is 0 Å². The van der Waals surface area contributed by atoms with Crippen LogP contribution >= 0.6 is 0 Å². The van der Waals surface area contributed by atoms with Crippen LogP contribution in [-0.2, 0) is 6.54 Å². The van der Waals surface area contributed by atoms with Crippen LogP contribution in [0.4, 0.5) is 0 Å². The molecular weight excluding hydrogens is 418 g/mol. The second-order valence-corrected chi connectivity index (χ2v) is 10.5. The van der Waals surface area contributed by atoms with E-state index < -0.39 is 0 Å². The number of ether oxygens (including phenoxy) is 1. The first-order valence-electron chi connectivity index (χ1n) is 13.1. The van der Waals surface area contributed by atoms with Crippen molar-refractivity contribution in [2.24, 2.45) is 10.4 Å². The van der Waals surface area contributed by atoms with E-state index in [1.54, 1.807) is 6.08 Å². The Balaban J connectivity index is 1.16. The van der Waals surface area contributed by atoms with Gasteiger partial charge in [0.1, 0.15) is 11.6 Å². The highest BCUT2D eigenvalue weighted by atomic mass is 16.5. The van der Waals surface area contributed by atoms with E-state index in [0.29, 0.717) is 11.5 Å². The summed E-state index contributed by atoms with van der Waals surface area (Å²) >= 11 is 0. The van der Waals surface area contributed by atoms with Crippen LogP contribution in [0.15, 0.2) is 65.9 Å². The summed E-state index contributed by atoms with van der Waals surface area (Å²) in [5.41, 5.74) is 2.03. The monoisotopic (exact) mass is 457 g/mol. The standard InChI is InChI=1S/C30H39N3O/c1-3-6-29(31-2)33-19-17-32(18-20-33)23-24-7-8-26-22-28(10-9-25(26)21-24)34-27-11-15-30(16-12-27)13-4-5-14-30/h3,6-10,21-22,27H,1-2,4-5,11-20,23H2/b29-6+. The summed E-state index contributed by atoms with van der Waals surface area (Å²) < 4.78 is 6.44. The van der Waals surface area contributed by atoms with Crippen molar-refractivity contribution in [3.05, 3.63) is 66.5 Å². The summed E-state index contributed by atoms with van der Waals surface area (Å²) in [5, 5.41) is 2.56. The Labute approximate surface area is 205 Å². The molecule has 0 unspecified atom stereocenters. The van der Waals surface area contributed by atoms with Crippen molar-refractivity contribution in [2.45, 2.75) is 64.0 Å². The SMILES string of the molecule is C=C/C=C(\N=C)N1CCN(Cc2ccc3cc(OC4CCC5(CCCC5)CC4)ccc3c2)CC1. The molecule has 4 heteroatoms. The Bertz CT molecular complexity index is 1030. The molecule has 3 fully saturated rings. The predicted octanol–water partition coefficient (Wildman–Crippen LogP) is 6.57. The number of benzene rings is 2. The van der Waals surface area contributed by atoms with Gasteiger partial charge in [-0.3, -0.25) is 4.90 Å². The first kappa shape index (κ1) is 23.2. The van der Waals surface area contributed by atoms with Crippen molar-refractivity contribution in [3.8, 4) is 5.75 Å². The van der Waals surface area contributed by atoms with Crippen LogP contribution in [0.25, 0.3) is 10.8 Å². The summed E-state index contributed by atoms with van der Waals surface area (Å²) in [6.07, 6.45) is 15.0. The van der Waals surface area contributed by atoms with Crippen LogP contribution in [-0.4, -0.2) is 48.8 Å². The molecule has 5 rings (SSSR count). The fraction of sp³-hybridized carbons (Fsp3) is 0.500. The van der Waals surface area contributed by atoms with Gasteiger partial charge in [-0.15, -0.1) is 0 Å². The number of fused-ring (bicyclic) bond motifs is 1. The Kier molecular flexibility index (Phi) is 7.05. The molecule has 0 aromatic heterocycles. The van der Waals surface area contributed by atoms with Crippen molar-refractivity contribution in [1.82, 2.24) is 9.80 Å². The summed E-state index contributed by atoms with van der Waals surface area (Å²) in [6, 6.07) is 13.5. The number of rotatable bonds is 7.